The summed E-state index contributed by atoms with van der Waals surface area (Å²) in [4.78, 5) is 24.3. The van der Waals surface area contributed by atoms with E-state index in [0.29, 0.717) is 24.0 Å². The zero-order chi connectivity index (χ0) is 28.1. The lowest BCUT2D eigenvalue weighted by molar-refractivity contribution is -0.141. The fourth-order valence-corrected chi connectivity index (χ4v) is 8.44. The van der Waals surface area contributed by atoms with Crippen molar-refractivity contribution in [1.29, 1.82) is 0 Å². The average Bonchev–Trinajstić information content (AvgIpc) is 3.41. The van der Waals surface area contributed by atoms with Crippen molar-refractivity contribution < 1.29 is 4.79 Å². The quantitative estimate of drug-likeness (QED) is 0.299. The summed E-state index contributed by atoms with van der Waals surface area (Å²) in [6.45, 7) is 11.2. The van der Waals surface area contributed by atoms with Crippen LogP contribution in [0.2, 0.25) is 0 Å². The molecule has 3 fully saturated rings. The molecule has 2 aromatic carbocycles. The van der Waals surface area contributed by atoms with Crippen molar-refractivity contribution in [2.75, 3.05) is 25.9 Å². The molecule has 3 aliphatic rings. The molecule has 3 aromatic rings. The summed E-state index contributed by atoms with van der Waals surface area (Å²) in [5.74, 6) is 1.45. The number of para-hydroxylation sites is 2. The number of piperidine rings is 2. The maximum atomic E-state index is 13.1. The number of imidazole rings is 1. The number of hydrogen-bond acceptors (Lipinski definition) is 4. The molecule has 6 rings (SSSR count). The number of benzene rings is 2. The van der Waals surface area contributed by atoms with Gasteiger partial charge in [0.05, 0.1) is 11.0 Å². The van der Waals surface area contributed by atoms with Crippen LogP contribution in [-0.2, 0) is 10.2 Å². The molecule has 1 aromatic heterocycles. The van der Waals surface area contributed by atoms with Gasteiger partial charge in [-0.15, -0.1) is 11.8 Å². The van der Waals surface area contributed by atoms with Crippen LogP contribution in [0.1, 0.15) is 83.1 Å². The van der Waals surface area contributed by atoms with Crippen LogP contribution in [0.5, 0.6) is 0 Å². The van der Waals surface area contributed by atoms with Crippen molar-refractivity contribution in [1.82, 2.24) is 19.4 Å². The SMILES string of the molecule is CSc1ccc(C2(CCN3[C@@H]4CC[C@H]3CC(n3c(C)nc5ccccc53)C4)CCN(C(=O)C(C)(C)C)CC2)cc1. The summed E-state index contributed by atoms with van der Waals surface area (Å²) in [6.07, 6.45) is 10.5. The third kappa shape index (κ3) is 5.11. The number of carbonyl (C=O) groups excluding carboxylic acids is 1. The van der Waals surface area contributed by atoms with E-state index in [0.717, 1.165) is 43.8 Å². The first-order chi connectivity index (χ1) is 19.2. The first-order valence-electron chi connectivity index (χ1n) is 15.3. The molecule has 1 amide bonds. The van der Waals surface area contributed by atoms with Gasteiger partial charge in [-0.05, 0) is 99.9 Å². The zero-order valence-corrected chi connectivity index (χ0v) is 25.8. The minimum absolute atomic E-state index is 0.138. The van der Waals surface area contributed by atoms with Crippen LogP contribution in [0, 0.1) is 12.3 Å². The predicted molar refractivity (Wildman–Crippen MR) is 166 cm³/mol. The zero-order valence-electron chi connectivity index (χ0n) is 25.0. The van der Waals surface area contributed by atoms with Crippen LogP contribution in [0.25, 0.3) is 11.0 Å². The molecule has 0 aliphatic carbocycles. The Morgan fingerprint density at radius 1 is 0.975 bits per heavy atom. The van der Waals surface area contributed by atoms with E-state index in [1.807, 2.05) is 32.5 Å². The minimum atomic E-state index is -0.317. The standard InChI is InChI=1S/C34H46N4OS/c1-24-35-30-8-6-7-9-31(30)38(24)28-22-26-12-13-27(23-28)37(26)21-18-34(25-10-14-29(40-5)15-11-25)16-19-36(20-17-34)32(39)33(2,3)4/h6-11,14-15,26-28H,12-13,16-23H2,1-5H3/t26-,27+,28?. The molecule has 3 atom stereocenters. The van der Waals surface area contributed by atoms with Crippen molar-refractivity contribution >= 4 is 28.7 Å². The molecule has 214 valence electrons. The number of amides is 1. The van der Waals surface area contributed by atoms with Gasteiger partial charge in [-0.25, -0.2) is 4.98 Å². The number of aryl methyl sites for hydroxylation is 1. The normalized spacial score (nSPS) is 25.0. The number of carbonyl (C=O) groups is 1. The largest absolute Gasteiger partial charge is 0.342 e. The van der Waals surface area contributed by atoms with E-state index in [-0.39, 0.29) is 10.8 Å². The highest BCUT2D eigenvalue weighted by atomic mass is 32.2. The average molecular weight is 559 g/mol. The Morgan fingerprint density at radius 2 is 1.62 bits per heavy atom. The lowest BCUT2D eigenvalue weighted by Gasteiger charge is -2.46. The second-order valence-corrected chi connectivity index (χ2v) is 14.4. The van der Waals surface area contributed by atoms with E-state index in [4.69, 9.17) is 4.98 Å². The predicted octanol–water partition coefficient (Wildman–Crippen LogP) is 7.23. The summed E-state index contributed by atoms with van der Waals surface area (Å²) in [7, 11) is 0. The molecule has 3 aliphatic heterocycles. The third-order valence-electron chi connectivity index (χ3n) is 10.2. The highest BCUT2D eigenvalue weighted by Crippen LogP contribution is 2.45. The Balaban J connectivity index is 1.19. The van der Waals surface area contributed by atoms with E-state index >= 15 is 0 Å². The van der Waals surface area contributed by atoms with Gasteiger partial charge in [0.25, 0.3) is 0 Å². The molecular formula is C34H46N4OS. The van der Waals surface area contributed by atoms with Gasteiger partial charge >= 0.3 is 0 Å². The van der Waals surface area contributed by atoms with E-state index in [2.05, 4.69) is 76.1 Å². The smallest absolute Gasteiger partial charge is 0.227 e. The number of rotatable bonds is 6. The molecule has 6 heteroatoms. The van der Waals surface area contributed by atoms with Crippen molar-refractivity contribution in [2.24, 2.45) is 5.41 Å². The van der Waals surface area contributed by atoms with Gasteiger partial charge in [-0.3, -0.25) is 9.69 Å². The number of nitrogens with zero attached hydrogens (tertiary/aromatic N) is 4. The Hall–Kier alpha value is -2.31. The Labute approximate surface area is 244 Å². The van der Waals surface area contributed by atoms with Gasteiger partial charge in [0.1, 0.15) is 5.82 Å². The summed E-state index contributed by atoms with van der Waals surface area (Å²) >= 11 is 1.81. The van der Waals surface area contributed by atoms with Crippen molar-refractivity contribution in [3.8, 4) is 0 Å². The molecule has 0 spiro atoms. The van der Waals surface area contributed by atoms with Gasteiger partial charge in [-0.1, -0.05) is 45.0 Å². The number of likely N-dealkylation sites (tertiary alicyclic amines) is 1. The molecule has 2 bridgehead atoms. The molecule has 0 radical (unpaired) electrons. The monoisotopic (exact) mass is 558 g/mol. The van der Waals surface area contributed by atoms with E-state index < -0.39 is 0 Å². The molecule has 40 heavy (non-hydrogen) atoms. The topological polar surface area (TPSA) is 41.4 Å². The maximum absolute atomic E-state index is 13.1. The highest BCUT2D eigenvalue weighted by molar-refractivity contribution is 7.98. The molecule has 1 unspecified atom stereocenters. The van der Waals surface area contributed by atoms with Gasteiger partial charge < -0.3 is 9.47 Å². The van der Waals surface area contributed by atoms with Gasteiger partial charge in [0.15, 0.2) is 0 Å². The third-order valence-corrected chi connectivity index (χ3v) is 10.9. The van der Waals surface area contributed by atoms with Crippen LogP contribution in [-0.4, -0.2) is 63.2 Å². The summed E-state index contributed by atoms with van der Waals surface area (Å²) < 4.78 is 2.54. The molecule has 0 saturated carbocycles. The number of fused-ring (bicyclic) bond motifs is 3. The molecule has 5 nitrogen and oxygen atoms in total. The second-order valence-electron chi connectivity index (χ2n) is 13.6. The lowest BCUT2D eigenvalue weighted by atomic mass is 9.70. The number of hydrogen-bond donors (Lipinski definition) is 0. The highest BCUT2D eigenvalue weighted by Gasteiger charge is 2.44. The molecule has 4 heterocycles. The van der Waals surface area contributed by atoms with Crippen LogP contribution >= 0.6 is 11.8 Å². The van der Waals surface area contributed by atoms with E-state index in [1.54, 1.807) is 0 Å². The van der Waals surface area contributed by atoms with Crippen molar-refractivity contribution in [3.63, 3.8) is 0 Å². The lowest BCUT2D eigenvalue weighted by Crippen LogP contribution is -2.50. The van der Waals surface area contributed by atoms with Crippen molar-refractivity contribution in [2.45, 2.75) is 101 Å². The van der Waals surface area contributed by atoms with E-state index in [1.165, 1.54) is 48.1 Å². The maximum Gasteiger partial charge on any atom is 0.227 e. The van der Waals surface area contributed by atoms with Crippen LogP contribution < -0.4 is 0 Å². The number of aromatic nitrogens is 2. The summed E-state index contributed by atoms with van der Waals surface area (Å²) in [5.41, 5.74) is 3.71. The molecule has 0 N–H and O–H groups in total. The van der Waals surface area contributed by atoms with Gasteiger partial charge in [-0.2, -0.15) is 0 Å². The van der Waals surface area contributed by atoms with Crippen LogP contribution in [0.4, 0.5) is 0 Å². The fourth-order valence-electron chi connectivity index (χ4n) is 8.03. The molecule has 3 saturated heterocycles. The first-order valence-corrected chi connectivity index (χ1v) is 16.5. The Kier molecular flexibility index (Phi) is 7.54. The fraction of sp³-hybridized carbons (Fsp3) is 0.588. The first kappa shape index (κ1) is 27.8. The van der Waals surface area contributed by atoms with Gasteiger partial charge in [0.2, 0.25) is 5.91 Å². The second kappa shape index (κ2) is 10.8. The van der Waals surface area contributed by atoms with Crippen LogP contribution in [0.3, 0.4) is 0 Å². The summed E-state index contributed by atoms with van der Waals surface area (Å²) in [5, 5.41) is 0. The van der Waals surface area contributed by atoms with Crippen molar-refractivity contribution in [3.05, 3.63) is 59.9 Å². The number of thioether (sulfide) groups is 1. The summed E-state index contributed by atoms with van der Waals surface area (Å²) in [6, 6.07) is 19.8. The van der Waals surface area contributed by atoms with Crippen LogP contribution in [0.15, 0.2) is 53.4 Å². The minimum Gasteiger partial charge on any atom is -0.342 e. The molecular weight excluding hydrogens is 512 g/mol. The van der Waals surface area contributed by atoms with Gasteiger partial charge in [0, 0.05) is 41.5 Å². The van der Waals surface area contributed by atoms with E-state index in [9.17, 15) is 4.79 Å². The Morgan fingerprint density at radius 3 is 2.25 bits per heavy atom. The Bertz CT molecular complexity index is 1330.